The van der Waals surface area contributed by atoms with E-state index in [4.69, 9.17) is 4.74 Å². The molecule has 28 heavy (non-hydrogen) atoms. The van der Waals surface area contributed by atoms with E-state index in [1.807, 2.05) is 37.3 Å². The molecule has 4 rings (SSSR count). The number of ether oxygens (including phenoxy) is 1. The SMILES string of the molecule is Cc1ccccc1C1/C(=C(/O)c2ccccc2)C(=O)C(=O)N1CC1CCCO1. The van der Waals surface area contributed by atoms with Crippen molar-refractivity contribution in [1.29, 1.82) is 0 Å². The highest BCUT2D eigenvalue weighted by Gasteiger charge is 2.47. The number of ketones is 1. The van der Waals surface area contributed by atoms with Crippen LogP contribution in [0.1, 0.15) is 35.6 Å². The van der Waals surface area contributed by atoms with E-state index in [0.717, 1.165) is 24.0 Å². The number of Topliss-reactive ketones (excluding diaryl/α,β-unsaturated/α-hetero) is 1. The zero-order valence-electron chi connectivity index (χ0n) is 15.8. The molecule has 0 aromatic heterocycles. The smallest absolute Gasteiger partial charge is 0.295 e. The molecule has 0 saturated carbocycles. The number of carbonyl (C=O) groups excluding carboxylic acids is 2. The first-order valence-electron chi connectivity index (χ1n) is 9.59. The zero-order chi connectivity index (χ0) is 19.7. The average Bonchev–Trinajstić information content (AvgIpc) is 3.31. The van der Waals surface area contributed by atoms with Gasteiger partial charge in [-0.2, -0.15) is 0 Å². The predicted octanol–water partition coefficient (Wildman–Crippen LogP) is 3.60. The van der Waals surface area contributed by atoms with Crippen molar-refractivity contribution in [2.24, 2.45) is 0 Å². The molecule has 2 aliphatic rings. The Kier molecular flexibility index (Phi) is 5.01. The minimum atomic E-state index is -0.646. The van der Waals surface area contributed by atoms with E-state index in [1.54, 1.807) is 29.2 Å². The van der Waals surface area contributed by atoms with Crippen molar-refractivity contribution >= 4 is 17.4 Å². The molecule has 0 spiro atoms. The summed E-state index contributed by atoms with van der Waals surface area (Å²) in [6.07, 6.45) is 1.73. The second kappa shape index (κ2) is 7.60. The Morgan fingerprint density at radius 2 is 1.82 bits per heavy atom. The van der Waals surface area contributed by atoms with Crippen molar-refractivity contribution in [2.75, 3.05) is 13.2 Å². The summed E-state index contributed by atoms with van der Waals surface area (Å²) in [6, 6.07) is 15.9. The van der Waals surface area contributed by atoms with Crippen molar-refractivity contribution in [3.05, 3.63) is 76.9 Å². The lowest BCUT2D eigenvalue weighted by Gasteiger charge is -2.28. The standard InChI is InChI=1S/C23H23NO4/c1-15-8-5-6-12-18(15)20-19(21(25)16-9-3-2-4-10-16)22(26)23(27)24(20)14-17-11-7-13-28-17/h2-6,8-10,12,17,20,25H,7,11,13-14H2,1H3/b21-19-. The fraction of sp³-hybridized carbons (Fsp3) is 0.304. The lowest BCUT2D eigenvalue weighted by atomic mass is 9.92. The summed E-state index contributed by atoms with van der Waals surface area (Å²) in [5, 5.41) is 11.0. The molecule has 2 fully saturated rings. The summed E-state index contributed by atoms with van der Waals surface area (Å²) in [7, 11) is 0. The summed E-state index contributed by atoms with van der Waals surface area (Å²) in [6.45, 7) is 2.97. The summed E-state index contributed by atoms with van der Waals surface area (Å²) in [5.41, 5.74) is 2.47. The van der Waals surface area contributed by atoms with Crippen LogP contribution >= 0.6 is 0 Å². The number of rotatable bonds is 4. The number of benzene rings is 2. The number of aliphatic hydroxyl groups is 1. The number of likely N-dealkylation sites (tertiary alicyclic amines) is 1. The van der Waals surface area contributed by atoms with Gasteiger partial charge in [0.05, 0.1) is 17.7 Å². The van der Waals surface area contributed by atoms with Crippen LogP contribution in [0.2, 0.25) is 0 Å². The van der Waals surface area contributed by atoms with Gasteiger partial charge in [0.2, 0.25) is 0 Å². The molecule has 2 aromatic rings. The Labute approximate surface area is 164 Å². The molecular weight excluding hydrogens is 354 g/mol. The van der Waals surface area contributed by atoms with Crippen LogP contribution in [0.15, 0.2) is 60.2 Å². The first-order valence-corrected chi connectivity index (χ1v) is 9.59. The van der Waals surface area contributed by atoms with Crippen LogP contribution in [0.4, 0.5) is 0 Å². The molecule has 1 N–H and O–H groups in total. The topological polar surface area (TPSA) is 66.8 Å². The van der Waals surface area contributed by atoms with Crippen LogP contribution in [0.25, 0.3) is 5.76 Å². The van der Waals surface area contributed by atoms with Gasteiger partial charge in [0.25, 0.3) is 11.7 Å². The van der Waals surface area contributed by atoms with E-state index in [-0.39, 0.29) is 17.4 Å². The molecule has 1 amide bonds. The highest BCUT2D eigenvalue weighted by molar-refractivity contribution is 6.46. The van der Waals surface area contributed by atoms with Crippen molar-refractivity contribution in [2.45, 2.75) is 31.9 Å². The number of aryl methyl sites for hydroxylation is 1. The molecule has 2 saturated heterocycles. The van der Waals surface area contributed by atoms with Gasteiger partial charge in [0, 0.05) is 18.7 Å². The highest BCUT2D eigenvalue weighted by Crippen LogP contribution is 2.41. The predicted molar refractivity (Wildman–Crippen MR) is 106 cm³/mol. The summed E-state index contributed by atoms with van der Waals surface area (Å²) < 4.78 is 5.71. The molecule has 0 aliphatic carbocycles. The van der Waals surface area contributed by atoms with Crippen molar-refractivity contribution in [1.82, 2.24) is 4.90 Å². The number of nitrogens with zero attached hydrogens (tertiary/aromatic N) is 1. The maximum atomic E-state index is 12.9. The van der Waals surface area contributed by atoms with Crippen molar-refractivity contribution in [3.63, 3.8) is 0 Å². The molecule has 2 heterocycles. The molecule has 2 atom stereocenters. The molecular formula is C23H23NO4. The number of carbonyl (C=O) groups is 2. The quantitative estimate of drug-likeness (QED) is 0.502. The summed E-state index contributed by atoms with van der Waals surface area (Å²) >= 11 is 0. The molecule has 2 aromatic carbocycles. The number of hydrogen-bond donors (Lipinski definition) is 1. The van der Waals surface area contributed by atoms with Crippen LogP contribution in [-0.4, -0.2) is 41.0 Å². The first-order chi connectivity index (χ1) is 13.6. The van der Waals surface area contributed by atoms with Gasteiger partial charge >= 0.3 is 0 Å². The van der Waals surface area contributed by atoms with Gasteiger partial charge in [0.15, 0.2) is 0 Å². The Morgan fingerprint density at radius 3 is 2.50 bits per heavy atom. The number of amides is 1. The lowest BCUT2D eigenvalue weighted by molar-refractivity contribution is -0.140. The molecule has 5 heteroatoms. The third-order valence-corrected chi connectivity index (χ3v) is 5.49. The van der Waals surface area contributed by atoms with E-state index >= 15 is 0 Å². The van der Waals surface area contributed by atoms with Crippen molar-refractivity contribution in [3.8, 4) is 0 Å². The van der Waals surface area contributed by atoms with Gasteiger partial charge < -0.3 is 14.7 Å². The highest BCUT2D eigenvalue weighted by atomic mass is 16.5. The summed E-state index contributed by atoms with van der Waals surface area (Å²) in [4.78, 5) is 27.4. The van der Waals surface area contributed by atoms with Gasteiger partial charge in [-0.25, -0.2) is 0 Å². The van der Waals surface area contributed by atoms with E-state index < -0.39 is 17.7 Å². The van der Waals surface area contributed by atoms with Crippen LogP contribution in [0.3, 0.4) is 0 Å². The van der Waals surface area contributed by atoms with E-state index in [1.165, 1.54) is 0 Å². The van der Waals surface area contributed by atoms with E-state index in [0.29, 0.717) is 18.7 Å². The van der Waals surface area contributed by atoms with Crippen LogP contribution in [0, 0.1) is 6.92 Å². The van der Waals surface area contributed by atoms with Gasteiger partial charge in [-0.05, 0) is 30.9 Å². The monoisotopic (exact) mass is 377 g/mol. The third-order valence-electron chi connectivity index (χ3n) is 5.49. The van der Waals surface area contributed by atoms with Gasteiger partial charge in [-0.15, -0.1) is 0 Å². The molecule has 0 bridgehead atoms. The van der Waals surface area contributed by atoms with Gasteiger partial charge in [-0.3, -0.25) is 9.59 Å². The van der Waals surface area contributed by atoms with E-state index in [9.17, 15) is 14.7 Å². The van der Waals surface area contributed by atoms with E-state index in [2.05, 4.69) is 0 Å². The third kappa shape index (κ3) is 3.22. The van der Waals surface area contributed by atoms with Crippen molar-refractivity contribution < 1.29 is 19.4 Å². The van der Waals surface area contributed by atoms with Crippen LogP contribution < -0.4 is 0 Å². The maximum Gasteiger partial charge on any atom is 0.295 e. The second-order valence-electron chi connectivity index (χ2n) is 7.31. The second-order valence-corrected chi connectivity index (χ2v) is 7.31. The zero-order valence-corrected chi connectivity index (χ0v) is 15.8. The normalized spacial score (nSPS) is 24.1. The lowest BCUT2D eigenvalue weighted by Crippen LogP contribution is -2.36. The molecule has 5 nitrogen and oxygen atoms in total. The van der Waals surface area contributed by atoms with Gasteiger partial charge in [0.1, 0.15) is 5.76 Å². The molecule has 144 valence electrons. The Bertz CT molecular complexity index is 929. The fourth-order valence-electron chi connectivity index (χ4n) is 4.04. The Hall–Kier alpha value is -2.92. The van der Waals surface area contributed by atoms with Gasteiger partial charge in [-0.1, -0.05) is 54.6 Å². The number of hydrogen-bond acceptors (Lipinski definition) is 4. The fourth-order valence-corrected chi connectivity index (χ4v) is 4.04. The first kappa shape index (κ1) is 18.4. The molecule has 2 unspecified atom stereocenters. The minimum Gasteiger partial charge on any atom is -0.507 e. The molecule has 2 aliphatic heterocycles. The minimum absolute atomic E-state index is 0.0820. The van der Waals surface area contributed by atoms with Crippen LogP contribution in [-0.2, 0) is 14.3 Å². The Morgan fingerprint density at radius 1 is 1.11 bits per heavy atom. The number of aliphatic hydroxyl groups excluding tert-OH is 1. The largest absolute Gasteiger partial charge is 0.507 e. The average molecular weight is 377 g/mol. The summed E-state index contributed by atoms with van der Waals surface area (Å²) in [5.74, 6) is -1.36. The maximum absolute atomic E-state index is 12.9. The van der Waals surface area contributed by atoms with Crippen LogP contribution in [0.5, 0.6) is 0 Å². The Balaban J connectivity index is 1.84. The molecule has 0 radical (unpaired) electrons.